The van der Waals surface area contributed by atoms with Crippen molar-refractivity contribution in [2.24, 2.45) is 5.73 Å². The largest absolute Gasteiger partial charge is 0.475 e. The fraction of sp³-hybridized carbons (Fsp3) is 0.279. The monoisotopic (exact) mass is 1250 g/mol. The first kappa shape index (κ1) is 60.5. The lowest BCUT2D eigenvalue weighted by molar-refractivity contribution is 0.0682. The Balaban J connectivity index is 0.000000153. The van der Waals surface area contributed by atoms with E-state index in [4.69, 9.17) is 10.8 Å². The van der Waals surface area contributed by atoms with Crippen LogP contribution in [0.1, 0.15) is 82.4 Å². The molecule has 2 aromatic carbocycles. The zero-order valence-corrected chi connectivity index (χ0v) is 48.0. The van der Waals surface area contributed by atoms with Crippen LogP contribution in [0, 0.1) is 20.8 Å². The third-order valence-corrected chi connectivity index (χ3v) is 15.2. The number of halogens is 2. The summed E-state index contributed by atoms with van der Waals surface area (Å²) < 4.78 is 7.95. The Hall–Kier alpha value is -8.60. The summed E-state index contributed by atoms with van der Waals surface area (Å²) in [6, 6.07) is 24.1. The van der Waals surface area contributed by atoms with Crippen molar-refractivity contribution in [2.45, 2.75) is 73.0 Å². The number of nitrogens with one attached hydrogen (secondary N) is 2. The van der Waals surface area contributed by atoms with E-state index in [9.17, 15) is 14.4 Å². The van der Waals surface area contributed by atoms with Gasteiger partial charge in [0.2, 0.25) is 11.6 Å². The minimum absolute atomic E-state index is 0. The van der Waals surface area contributed by atoms with Crippen LogP contribution in [0.5, 0.6) is 0 Å². The maximum absolute atomic E-state index is 12.6. The molecule has 5 N–H and O–H groups in total. The molecule has 3 fully saturated rings. The Bertz CT molecular complexity index is 3800. The molecule has 0 bridgehead atoms. The topological polar surface area (TPSA) is 235 Å². The molecular weight excluding hydrogens is 1180 g/mol. The van der Waals surface area contributed by atoms with Crippen LogP contribution in [0.15, 0.2) is 162 Å². The molecule has 0 spiro atoms. The minimum atomic E-state index is -1.12. The number of carboxylic acid groups (broad SMARTS) is 1. The molecule has 20 nitrogen and oxygen atoms in total. The summed E-state index contributed by atoms with van der Waals surface area (Å²) in [7, 11) is 0. The van der Waals surface area contributed by atoms with Gasteiger partial charge in [0.05, 0.1) is 21.0 Å². The van der Waals surface area contributed by atoms with Gasteiger partial charge in [-0.15, -0.1) is 0 Å². The minimum Gasteiger partial charge on any atom is -0.475 e. The number of aromatic nitrogens is 10. The standard InChI is InChI=1S/C23H22N6O.C19H19BrN4O.C12H16N4.C5H3BrN2O2.2CH4/c1-16-7-10-28-12-9-24-22(20(16)28)29-11-8-19(15-29)27-23(30)21-25-13-18(14-26-21)17-5-3-2-4-6-17;1-13-6-9-23-11-8-21-18(17(13)23)24-10-7-16(12-24)22-19(25)14-2-4-15(20)5-3-14;1-9-2-5-15-7-4-14-12(11(9)15)16-6-3-10(13)8-16;6-3-1-7-4(5(9)10)8-2-3;;/h2-7,9-10,12-14,19H,8,11,15H2,1H3,(H,27,30);2-6,8-9,11,16H,7,10,12H2,1H3,(H,22,25);2,4-5,7,10H,3,6,8,13H2,1H3;1-2H,(H,9,10);2*1H4/t19-;16-;10-;;;/m000.../s1. The number of hydrogen-bond acceptors (Lipinski definition) is 14. The zero-order chi connectivity index (χ0) is 56.6. The van der Waals surface area contributed by atoms with Gasteiger partial charge in [0.1, 0.15) is 0 Å². The Morgan fingerprint density at radius 2 is 0.940 bits per heavy atom. The first-order valence-electron chi connectivity index (χ1n) is 26.5. The third kappa shape index (κ3) is 14.4. The van der Waals surface area contributed by atoms with E-state index in [1.54, 1.807) is 12.4 Å². The van der Waals surface area contributed by atoms with Gasteiger partial charge in [-0.05, 0) is 121 Å². The number of nitrogens with zero attached hydrogens (tertiary/aromatic N) is 13. The van der Waals surface area contributed by atoms with Crippen molar-refractivity contribution in [3.8, 4) is 11.1 Å². The van der Waals surface area contributed by atoms with Crippen molar-refractivity contribution < 1.29 is 19.5 Å². The molecule has 13 rings (SSSR count). The summed E-state index contributed by atoms with van der Waals surface area (Å²) in [6.07, 6.45) is 26.6. The molecule has 3 atom stereocenters. The van der Waals surface area contributed by atoms with Crippen LogP contribution in [-0.2, 0) is 0 Å². The van der Waals surface area contributed by atoms with Gasteiger partial charge < -0.3 is 49.4 Å². The Morgan fingerprint density at radius 3 is 1.39 bits per heavy atom. The number of rotatable bonds is 9. The number of aromatic carboxylic acids is 1. The Labute approximate surface area is 499 Å². The molecule has 3 saturated heterocycles. The van der Waals surface area contributed by atoms with Gasteiger partial charge in [-0.2, -0.15) is 0 Å². The fourth-order valence-electron chi connectivity index (χ4n) is 10.2. The van der Waals surface area contributed by atoms with Gasteiger partial charge in [-0.3, -0.25) is 9.59 Å². The molecule has 8 aromatic heterocycles. The maximum atomic E-state index is 12.6. The third-order valence-electron chi connectivity index (χ3n) is 14.3. The average Bonchev–Trinajstić information content (AvgIpc) is 4.58. The molecule has 11 heterocycles. The van der Waals surface area contributed by atoms with Gasteiger partial charge in [0, 0.05) is 154 Å². The smallest absolute Gasteiger partial charge is 0.373 e. The van der Waals surface area contributed by atoms with E-state index in [0.717, 1.165) is 96.1 Å². The number of benzene rings is 2. The molecular formula is C61H68Br2N16O4. The van der Waals surface area contributed by atoms with Gasteiger partial charge in [-0.25, -0.2) is 39.7 Å². The number of aryl methyl sites for hydroxylation is 3. The van der Waals surface area contributed by atoms with E-state index in [-0.39, 0.29) is 56.4 Å². The van der Waals surface area contributed by atoms with Gasteiger partial charge in [0.25, 0.3) is 11.8 Å². The molecule has 430 valence electrons. The number of nitrogens with two attached hydrogens (primary N) is 1. The van der Waals surface area contributed by atoms with Crippen molar-refractivity contribution in [3.63, 3.8) is 0 Å². The number of hydrogen-bond donors (Lipinski definition) is 4. The molecule has 0 aliphatic carbocycles. The van der Waals surface area contributed by atoms with Crippen LogP contribution in [-0.4, -0.2) is 128 Å². The van der Waals surface area contributed by atoms with E-state index in [1.807, 2.05) is 98.0 Å². The number of amides is 2. The SMILES string of the molecule is C.C.Cc1ccn2ccnc(N3CC[C@H](N)C3)c12.Cc1ccn2ccnc(N3CC[C@H](NC(=O)c4ccc(Br)cc4)C3)c12.Cc1ccn2ccnc(N3CC[C@H](NC(=O)c4ncc(-c5ccccc5)cn4)C3)c12.O=C(O)c1ncc(Br)cn1. The fourth-order valence-corrected chi connectivity index (χ4v) is 10.7. The maximum Gasteiger partial charge on any atom is 0.373 e. The predicted molar refractivity (Wildman–Crippen MR) is 333 cm³/mol. The number of fused-ring (bicyclic) bond motifs is 3. The van der Waals surface area contributed by atoms with Gasteiger partial charge in [0.15, 0.2) is 17.5 Å². The normalized spacial score (nSPS) is 16.2. The van der Waals surface area contributed by atoms with Gasteiger partial charge >= 0.3 is 5.97 Å². The molecule has 83 heavy (non-hydrogen) atoms. The molecule has 0 saturated carbocycles. The lowest BCUT2D eigenvalue weighted by atomic mass is 10.1. The van der Waals surface area contributed by atoms with E-state index < -0.39 is 5.97 Å². The van der Waals surface area contributed by atoms with Crippen LogP contribution in [0.25, 0.3) is 27.7 Å². The van der Waals surface area contributed by atoms with Crippen molar-refractivity contribution in [2.75, 3.05) is 54.0 Å². The highest BCUT2D eigenvalue weighted by Gasteiger charge is 2.29. The zero-order valence-electron chi connectivity index (χ0n) is 44.8. The summed E-state index contributed by atoms with van der Waals surface area (Å²) in [5.74, 6) is 1.63. The second-order valence-corrected chi connectivity index (χ2v) is 21.9. The highest BCUT2D eigenvalue weighted by molar-refractivity contribution is 9.10. The lowest BCUT2D eigenvalue weighted by Gasteiger charge is -2.19. The summed E-state index contributed by atoms with van der Waals surface area (Å²) in [5.41, 5.74) is 15.7. The Kier molecular flexibility index (Phi) is 20.0. The summed E-state index contributed by atoms with van der Waals surface area (Å²) >= 11 is 6.47. The van der Waals surface area contributed by atoms with E-state index >= 15 is 0 Å². The molecule has 0 unspecified atom stereocenters. The van der Waals surface area contributed by atoms with Crippen molar-refractivity contribution in [1.29, 1.82) is 0 Å². The molecule has 0 radical (unpaired) electrons. The molecule has 22 heteroatoms. The summed E-state index contributed by atoms with van der Waals surface area (Å²) in [6.45, 7) is 11.5. The van der Waals surface area contributed by atoms with Crippen molar-refractivity contribution >= 4 is 83.6 Å². The first-order chi connectivity index (χ1) is 39.3. The van der Waals surface area contributed by atoms with E-state index in [0.29, 0.717) is 16.6 Å². The van der Waals surface area contributed by atoms with Crippen molar-refractivity contribution in [3.05, 3.63) is 196 Å². The second-order valence-electron chi connectivity index (χ2n) is 20.0. The highest BCUT2D eigenvalue weighted by Crippen LogP contribution is 2.29. The molecule has 2 amide bonds. The number of carbonyl (C=O) groups is 3. The molecule has 10 aromatic rings. The lowest BCUT2D eigenvalue weighted by Crippen LogP contribution is -2.38. The van der Waals surface area contributed by atoms with E-state index in [1.165, 1.54) is 34.6 Å². The second kappa shape index (κ2) is 27.4. The molecule has 3 aliphatic heterocycles. The predicted octanol–water partition coefficient (Wildman–Crippen LogP) is 9.91. The van der Waals surface area contributed by atoms with Crippen LogP contribution in [0.4, 0.5) is 17.5 Å². The van der Waals surface area contributed by atoms with Gasteiger partial charge in [-0.1, -0.05) is 61.1 Å². The van der Waals surface area contributed by atoms with Crippen LogP contribution in [0.3, 0.4) is 0 Å². The quantitative estimate of drug-likeness (QED) is 0.105. The number of carboxylic acids is 1. The molecule has 3 aliphatic rings. The first-order valence-corrected chi connectivity index (χ1v) is 28.1. The number of carbonyl (C=O) groups excluding carboxylic acids is 2. The van der Waals surface area contributed by atoms with Crippen LogP contribution >= 0.6 is 31.9 Å². The summed E-state index contributed by atoms with van der Waals surface area (Å²) in [4.78, 5) is 71.3. The van der Waals surface area contributed by atoms with E-state index in [2.05, 4.69) is 157 Å². The Morgan fingerprint density at radius 1 is 0.506 bits per heavy atom. The summed E-state index contributed by atoms with van der Waals surface area (Å²) in [5, 5.41) is 14.5. The van der Waals surface area contributed by atoms with Crippen molar-refractivity contribution in [1.82, 2.24) is 58.7 Å². The average molecular weight is 1250 g/mol. The van der Waals surface area contributed by atoms with Crippen LogP contribution in [0.2, 0.25) is 0 Å². The highest BCUT2D eigenvalue weighted by atomic mass is 79.9. The van der Waals surface area contributed by atoms with Crippen LogP contribution < -0.4 is 31.1 Å². The number of anilines is 3.